The smallest absolute Gasteiger partial charge is 0.247 e. The van der Waals surface area contributed by atoms with Crippen LogP contribution in [0.2, 0.25) is 0 Å². The lowest BCUT2D eigenvalue weighted by atomic mass is 9.94. The molecule has 0 saturated carbocycles. The van der Waals surface area contributed by atoms with Gasteiger partial charge in [0, 0.05) is 19.6 Å². The molecule has 30 heavy (non-hydrogen) atoms. The fraction of sp³-hybridized carbons (Fsp3) is 0.364. The van der Waals surface area contributed by atoms with Gasteiger partial charge in [-0.25, -0.2) is 8.42 Å². The Kier molecular flexibility index (Phi) is 6.28. The highest BCUT2D eigenvalue weighted by Crippen LogP contribution is 2.27. The van der Waals surface area contributed by atoms with Crippen LogP contribution in [0.4, 0.5) is 0 Å². The average molecular weight is 430 g/mol. The van der Waals surface area contributed by atoms with Crippen LogP contribution in [0.1, 0.15) is 23.6 Å². The lowest BCUT2D eigenvalue weighted by Gasteiger charge is -2.46. The third-order valence-corrected chi connectivity index (χ3v) is 6.57. The monoisotopic (exact) mass is 429 g/mol. The van der Waals surface area contributed by atoms with Gasteiger partial charge in [0.25, 0.3) is 0 Å². The van der Waals surface area contributed by atoms with E-state index in [9.17, 15) is 18.0 Å². The Labute approximate surface area is 177 Å². The van der Waals surface area contributed by atoms with Gasteiger partial charge in [-0.3, -0.25) is 9.59 Å². The molecule has 1 aliphatic rings. The first kappa shape index (κ1) is 22.0. The highest BCUT2D eigenvalue weighted by Gasteiger charge is 2.49. The van der Waals surface area contributed by atoms with E-state index in [1.54, 1.807) is 6.92 Å². The number of carbonyl (C=O) groups excluding carboxylic acids is 2. The summed E-state index contributed by atoms with van der Waals surface area (Å²) < 4.78 is 25.4. The van der Waals surface area contributed by atoms with Gasteiger partial charge in [0.05, 0.1) is 12.8 Å². The molecule has 1 heterocycles. The quantitative estimate of drug-likeness (QED) is 0.757. The molecule has 0 aromatic heterocycles. The largest absolute Gasteiger partial charge is 0.350 e. The number of rotatable bonds is 6. The van der Waals surface area contributed by atoms with Crippen molar-refractivity contribution >= 4 is 21.8 Å². The molecule has 1 atom stereocenters. The number of aryl methyl sites for hydroxylation is 1. The van der Waals surface area contributed by atoms with E-state index in [2.05, 4.69) is 5.32 Å². The Hall–Kier alpha value is -2.71. The van der Waals surface area contributed by atoms with E-state index < -0.39 is 21.5 Å². The van der Waals surface area contributed by atoms with E-state index in [1.165, 1.54) is 4.90 Å². The first-order chi connectivity index (χ1) is 14.1. The van der Waals surface area contributed by atoms with Crippen LogP contribution in [0.15, 0.2) is 54.6 Å². The molecule has 3 rings (SSSR count). The molecule has 0 unspecified atom stereocenters. The minimum atomic E-state index is -3.63. The summed E-state index contributed by atoms with van der Waals surface area (Å²) in [4.78, 5) is 27.7. The fourth-order valence-electron chi connectivity index (χ4n) is 3.65. The van der Waals surface area contributed by atoms with E-state index in [4.69, 9.17) is 0 Å². The van der Waals surface area contributed by atoms with E-state index >= 15 is 0 Å². The Balaban J connectivity index is 1.89. The Morgan fingerprint density at radius 3 is 2.40 bits per heavy atom. The summed E-state index contributed by atoms with van der Waals surface area (Å²) in [5, 5.41) is 2.87. The second kappa shape index (κ2) is 8.57. The molecule has 0 aliphatic carbocycles. The van der Waals surface area contributed by atoms with Crippen LogP contribution in [0.25, 0.3) is 0 Å². The van der Waals surface area contributed by atoms with Crippen molar-refractivity contribution in [3.05, 3.63) is 71.3 Å². The molecule has 0 spiro atoms. The van der Waals surface area contributed by atoms with Crippen molar-refractivity contribution < 1.29 is 18.0 Å². The highest BCUT2D eigenvalue weighted by atomic mass is 32.2. The zero-order chi connectivity index (χ0) is 21.9. The first-order valence-corrected chi connectivity index (χ1v) is 11.6. The summed E-state index contributed by atoms with van der Waals surface area (Å²) >= 11 is 0. The number of sulfonamides is 1. The minimum absolute atomic E-state index is 0.0932. The number of amides is 2. The van der Waals surface area contributed by atoms with Gasteiger partial charge in [-0.2, -0.15) is 4.31 Å². The van der Waals surface area contributed by atoms with Crippen LogP contribution in [0.5, 0.6) is 0 Å². The van der Waals surface area contributed by atoms with Crippen molar-refractivity contribution in [3.63, 3.8) is 0 Å². The molecule has 160 valence electrons. The molecule has 1 aliphatic heterocycles. The van der Waals surface area contributed by atoms with Crippen molar-refractivity contribution in [2.45, 2.75) is 32.5 Å². The molecule has 0 radical (unpaired) electrons. The minimum Gasteiger partial charge on any atom is -0.350 e. The molecule has 2 aromatic rings. The fourth-order valence-corrected chi connectivity index (χ4v) is 4.48. The maximum atomic E-state index is 13.3. The van der Waals surface area contributed by atoms with Crippen LogP contribution >= 0.6 is 0 Å². The second-order valence-corrected chi connectivity index (χ2v) is 9.92. The van der Waals surface area contributed by atoms with Crippen LogP contribution < -0.4 is 5.32 Å². The molecule has 1 saturated heterocycles. The van der Waals surface area contributed by atoms with Crippen LogP contribution in [-0.2, 0) is 32.7 Å². The van der Waals surface area contributed by atoms with Crippen LogP contribution in [-0.4, -0.2) is 54.3 Å². The standard InChI is InChI=1S/C22H27N3O4S/c1-17-8-7-11-19(12-17)14-25-20(26)15-24(30(3,28)29)16-22(25,2)21(27)23-13-18-9-5-4-6-10-18/h4-12H,13-16H2,1-3H3,(H,23,27)/t22-/m0/s1. The maximum Gasteiger partial charge on any atom is 0.247 e. The van der Waals surface area contributed by atoms with Gasteiger partial charge in [0.15, 0.2) is 0 Å². The third-order valence-electron chi connectivity index (χ3n) is 5.37. The normalized spacial score (nSPS) is 20.2. The van der Waals surface area contributed by atoms with Gasteiger partial charge in [0.1, 0.15) is 5.54 Å². The molecule has 0 bridgehead atoms. The van der Waals surface area contributed by atoms with Crippen molar-refractivity contribution in [1.29, 1.82) is 0 Å². The SMILES string of the molecule is Cc1cccc(CN2C(=O)CN(S(C)(=O)=O)C[C@@]2(C)C(=O)NCc2ccccc2)c1. The van der Waals surface area contributed by atoms with E-state index in [-0.39, 0.29) is 25.5 Å². The predicted octanol–water partition coefficient (Wildman–Crippen LogP) is 1.67. The predicted molar refractivity (Wildman–Crippen MR) is 115 cm³/mol. The summed E-state index contributed by atoms with van der Waals surface area (Å²) in [6.45, 7) is 3.74. The lowest BCUT2D eigenvalue weighted by Crippen LogP contribution is -2.69. The number of nitrogens with one attached hydrogen (secondary N) is 1. The molecular weight excluding hydrogens is 402 g/mol. The van der Waals surface area contributed by atoms with Gasteiger partial charge < -0.3 is 10.2 Å². The van der Waals surface area contributed by atoms with Crippen molar-refractivity contribution in [1.82, 2.24) is 14.5 Å². The maximum absolute atomic E-state index is 13.3. The van der Waals surface area contributed by atoms with E-state index in [0.717, 1.165) is 27.3 Å². The van der Waals surface area contributed by atoms with Crippen molar-refractivity contribution in [2.75, 3.05) is 19.3 Å². The number of piperazine rings is 1. The van der Waals surface area contributed by atoms with Crippen molar-refractivity contribution in [2.24, 2.45) is 0 Å². The van der Waals surface area contributed by atoms with Gasteiger partial charge in [0.2, 0.25) is 21.8 Å². The number of hydrogen-bond acceptors (Lipinski definition) is 4. The number of nitrogens with zero attached hydrogens (tertiary/aromatic N) is 2. The molecule has 2 aromatic carbocycles. The molecule has 7 nitrogen and oxygen atoms in total. The lowest BCUT2D eigenvalue weighted by molar-refractivity contribution is -0.153. The van der Waals surface area contributed by atoms with Crippen LogP contribution in [0, 0.1) is 6.92 Å². The number of carbonyl (C=O) groups is 2. The summed E-state index contributed by atoms with van der Waals surface area (Å²) in [6, 6.07) is 17.1. The van der Waals surface area contributed by atoms with Gasteiger partial charge in [-0.1, -0.05) is 60.2 Å². The van der Waals surface area contributed by atoms with E-state index in [1.807, 2.05) is 61.5 Å². The van der Waals surface area contributed by atoms with Gasteiger partial charge in [-0.15, -0.1) is 0 Å². The zero-order valence-corrected chi connectivity index (χ0v) is 18.3. The van der Waals surface area contributed by atoms with Gasteiger partial charge >= 0.3 is 0 Å². The van der Waals surface area contributed by atoms with Gasteiger partial charge in [-0.05, 0) is 25.0 Å². The summed E-state index contributed by atoms with van der Waals surface area (Å²) in [5.74, 6) is -0.786. The molecule has 8 heteroatoms. The third kappa shape index (κ3) is 4.88. The Morgan fingerprint density at radius 2 is 1.77 bits per heavy atom. The Morgan fingerprint density at radius 1 is 1.10 bits per heavy atom. The van der Waals surface area contributed by atoms with Crippen molar-refractivity contribution in [3.8, 4) is 0 Å². The Bertz CT molecular complexity index is 1040. The highest BCUT2D eigenvalue weighted by molar-refractivity contribution is 7.88. The second-order valence-electron chi connectivity index (χ2n) is 7.94. The average Bonchev–Trinajstić information content (AvgIpc) is 2.69. The molecule has 1 fully saturated rings. The molecular formula is C22H27N3O4S. The van der Waals surface area contributed by atoms with Crippen LogP contribution in [0.3, 0.4) is 0 Å². The zero-order valence-electron chi connectivity index (χ0n) is 17.5. The summed E-state index contributed by atoms with van der Waals surface area (Å²) in [5.41, 5.74) is 1.52. The first-order valence-electron chi connectivity index (χ1n) is 9.73. The summed E-state index contributed by atoms with van der Waals surface area (Å²) in [7, 11) is -3.63. The molecule has 1 N–H and O–H groups in total. The number of benzene rings is 2. The van der Waals surface area contributed by atoms with E-state index in [0.29, 0.717) is 6.54 Å². The molecule has 2 amide bonds. The number of hydrogen-bond donors (Lipinski definition) is 1. The topological polar surface area (TPSA) is 86.8 Å². The summed E-state index contributed by atoms with van der Waals surface area (Å²) in [6.07, 6.45) is 1.05.